The number of halogens is 4. The minimum absolute atomic E-state index is 0.0106. The first kappa shape index (κ1) is 13.7. The Kier molecular flexibility index (Phi) is 3.63. The molecule has 0 aliphatic heterocycles. The molecule has 0 unspecified atom stereocenters. The largest absolute Gasteiger partial charge is 0.407 e. The fourth-order valence-electron chi connectivity index (χ4n) is 2.62. The van der Waals surface area contributed by atoms with Gasteiger partial charge in [-0.25, -0.2) is 0 Å². The molecule has 1 saturated carbocycles. The lowest BCUT2D eigenvalue weighted by molar-refractivity contribution is -0.169. The molecule has 0 nitrogen and oxygen atoms in total. The van der Waals surface area contributed by atoms with Crippen molar-refractivity contribution in [3.63, 3.8) is 0 Å². The Bertz CT molecular complexity index is 417. The molecular weight excluding hydrogens is 261 g/mol. The van der Waals surface area contributed by atoms with Crippen molar-refractivity contribution in [2.75, 3.05) is 0 Å². The third kappa shape index (κ3) is 2.66. The quantitative estimate of drug-likeness (QED) is 0.619. The summed E-state index contributed by atoms with van der Waals surface area (Å²) < 4.78 is 38.4. The van der Waals surface area contributed by atoms with Crippen molar-refractivity contribution in [2.45, 2.75) is 49.6 Å². The predicted molar refractivity (Wildman–Crippen MR) is 67.0 cm³/mol. The lowest BCUT2D eigenvalue weighted by Gasteiger charge is -2.36. The third-order valence-corrected chi connectivity index (χ3v) is 4.39. The Hall–Kier alpha value is -0.700. The van der Waals surface area contributed by atoms with Gasteiger partial charge < -0.3 is 0 Å². The van der Waals surface area contributed by atoms with E-state index >= 15 is 0 Å². The summed E-state index contributed by atoms with van der Waals surface area (Å²) in [6.07, 6.45) is -3.27. The molecule has 0 aromatic heterocycles. The van der Waals surface area contributed by atoms with Gasteiger partial charge in [0.2, 0.25) is 0 Å². The molecule has 1 aromatic carbocycles. The van der Waals surface area contributed by atoms with Crippen molar-refractivity contribution in [1.29, 1.82) is 0 Å². The molecule has 0 amide bonds. The van der Waals surface area contributed by atoms with Crippen molar-refractivity contribution in [3.05, 3.63) is 35.4 Å². The van der Waals surface area contributed by atoms with E-state index in [2.05, 4.69) is 6.07 Å². The van der Waals surface area contributed by atoms with Crippen LogP contribution in [-0.2, 0) is 0 Å². The van der Waals surface area contributed by atoms with Crippen LogP contribution in [0.1, 0.15) is 42.7 Å². The van der Waals surface area contributed by atoms with E-state index in [0.717, 1.165) is 11.1 Å². The van der Waals surface area contributed by atoms with Crippen LogP contribution in [0.2, 0.25) is 0 Å². The van der Waals surface area contributed by atoms with E-state index in [1.807, 2.05) is 25.1 Å². The van der Waals surface area contributed by atoms with Crippen molar-refractivity contribution >= 4 is 11.6 Å². The molecule has 4 heteroatoms. The molecule has 1 aliphatic rings. The first-order chi connectivity index (χ1) is 8.32. The highest BCUT2D eigenvalue weighted by molar-refractivity contribution is 6.24. The molecule has 0 radical (unpaired) electrons. The highest BCUT2D eigenvalue weighted by Crippen LogP contribution is 2.49. The van der Waals surface area contributed by atoms with E-state index in [1.165, 1.54) is 0 Å². The second-order valence-corrected chi connectivity index (χ2v) is 5.87. The number of benzene rings is 1. The first-order valence-electron chi connectivity index (χ1n) is 6.14. The summed E-state index contributed by atoms with van der Waals surface area (Å²) in [4.78, 5) is -2.01. The molecule has 0 N–H and O–H groups in total. The molecule has 100 valence electrons. The van der Waals surface area contributed by atoms with E-state index < -0.39 is 11.1 Å². The molecule has 18 heavy (non-hydrogen) atoms. The molecular formula is C14H16ClF3. The van der Waals surface area contributed by atoms with Gasteiger partial charge in [-0.3, -0.25) is 0 Å². The van der Waals surface area contributed by atoms with E-state index in [9.17, 15) is 13.2 Å². The van der Waals surface area contributed by atoms with Gasteiger partial charge in [-0.15, -0.1) is 11.6 Å². The molecule has 0 atom stereocenters. The smallest absolute Gasteiger partial charge is 0.169 e. The third-order valence-electron chi connectivity index (χ3n) is 3.80. The number of aryl methyl sites for hydroxylation is 1. The molecule has 1 fully saturated rings. The van der Waals surface area contributed by atoms with Gasteiger partial charge in [0.15, 0.2) is 0 Å². The predicted octanol–water partition coefficient (Wildman–Crippen LogP) is 5.19. The van der Waals surface area contributed by atoms with Gasteiger partial charge in [-0.1, -0.05) is 29.8 Å². The molecule has 0 saturated heterocycles. The standard InChI is InChI=1S/C14H16ClF3/c1-10-3-2-4-12(9-10)11-5-7-13(15,8-6-11)14(16,17)18/h2-4,9,11H,5-8H2,1H3. The van der Waals surface area contributed by atoms with E-state index in [1.54, 1.807) is 0 Å². The van der Waals surface area contributed by atoms with Crippen LogP contribution < -0.4 is 0 Å². The number of hydrogen-bond acceptors (Lipinski definition) is 0. The van der Waals surface area contributed by atoms with Gasteiger partial charge in [0.25, 0.3) is 0 Å². The van der Waals surface area contributed by atoms with Crippen molar-refractivity contribution in [1.82, 2.24) is 0 Å². The van der Waals surface area contributed by atoms with E-state index in [4.69, 9.17) is 11.6 Å². The molecule has 0 bridgehead atoms. The van der Waals surface area contributed by atoms with Crippen LogP contribution in [0.3, 0.4) is 0 Å². The zero-order chi connectivity index (χ0) is 13.4. The van der Waals surface area contributed by atoms with Crippen LogP contribution in [0.25, 0.3) is 0 Å². The zero-order valence-corrected chi connectivity index (χ0v) is 11.0. The minimum Gasteiger partial charge on any atom is -0.169 e. The lowest BCUT2D eigenvalue weighted by atomic mass is 9.77. The SMILES string of the molecule is Cc1cccc(C2CCC(Cl)(C(F)(F)F)CC2)c1. The summed E-state index contributed by atoms with van der Waals surface area (Å²) in [5.41, 5.74) is 2.28. The first-order valence-corrected chi connectivity index (χ1v) is 6.52. The van der Waals surface area contributed by atoms with Crippen molar-refractivity contribution < 1.29 is 13.2 Å². The zero-order valence-electron chi connectivity index (χ0n) is 10.2. The Morgan fingerprint density at radius 3 is 2.33 bits per heavy atom. The van der Waals surface area contributed by atoms with Crippen LogP contribution in [0, 0.1) is 6.92 Å². The Balaban J connectivity index is 2.07. The normalized spacial score (nSPS) is 29.3. The maximum Gasteiger partial charge on any atom is 0.407 e. The monoisotopic (exact) mass is 276 g/mol. The fraction of sp³-hybridized carbons (Fsp3) is 0.571. The second-order valence-electron chi connectivity index (χ2n) is 5.15. The van der Waals surface area contributed by atoms with Crippen LogP contribution in [0.4, 0.5) is 13.2 Å². The number of rotatable bonds is 1. The number of hydrogen-bond donors (Lipinski definition) is 0. The summed E-state index contributed by atoms with van der Waals surface area (Å²) >= 11 is 5.71. The Morgan fingerprint density at radius 2 is 1.83 bits per heavy atom. The van der Waals surface area contributed by atoms with E-state index in [0.29, 0.717) is 12.8 Å². The average Bonchev–Trinajstić information content (AvgIpc) is 2.28. The molecule has 0 spiro atoms. The van der Waals surface area contributed by atoms with Crippen LogP contribution in [0.15, 0.2) is 24.3 Å². The van der Waals surface area contributed by atoms with E-state index in [-0.39, 0.29) is 18.8 Å². The molecule has 0 heterocycles. The van der Waals surface area contributed by atoms with Crippen molar-refractivity contribution in [3.8, 4) is 0 Å². The summed E-state index contributed by atoms with van der Waals surface area (Å²) in [6.45, 7) is 1.99. The Labute approximate surface area is 110 Å². The summed E-state index contributed by atoms with van der Waals surface area (Å²) in [5, 5.41) is 0. The fourth-order valence-corrected chi connectivity index (χ4v) is 2.83. The summed E-state index contributed by atoms with van der Waals surface area (Å²) in [7, 11) is 0. The topological polar surface area (TPSA) is 0 Å². The van der Waals surface area contributed by atoms with Crippen LogP contribution in [0.5, 0.6) is 0 Å². The second kappa shape index (κ2) is 4.76. The molecule has 2 rings (SSSR count). The minimum atomic E-state index is -4.30. The Morgan fingerprint density at radius 1 is 1.22 bits per heavy atom. The summed E-state index contributed by atoms with van der Waals surface area (Å²) in [6, 6.07) is 8.00. The summed E-state index contributed by atoms with van der Waals surface area (Å²) in [5.74, 6) is 0.208. The highest BCUT2D eigenvalue weighted by Gasteiger charge is 2.54. The maximum atomic E-state index is 12.8. The molecule has 1 aromatic rings. The molecule has 1 aliphatic carbocycles. The van der Waals surface area contributed by atoms with Crippen molar-refractivity contribution in [2.24, 2.45) is 0 Å². The van der Waals surface area contributed by atoms with Gasteiger partial charge in [0, 0.05) is 0 Å². The van der Waals surface area contributed by atoms with Gasteiger partial charge in [0.05, 0.1) is 0 Å². The van der Waals surface area contributed by atoms with Gasteiger partial charge in [-0.05, 0) is 44.1 Å². The van der Waals surface area contributed by atoms with Crippen LogP contribution in [-0.4, -0.2) is 11.1 Å². The van der Waals surface area contributed by atoms with Gasteiger partial charge >= 0.3 is 6.18 Å². The number of alkyl halides is 4. The lowest BCUT2D eigenvalue weighted by Crippen LogP contribution is -2.42. The van der Waals surface area contributed by atoms with Crippen LogP contribution >= 0.6 is 11.6 Å². The van der Waals surface area contributed by atoms with Gasteiger partial charge in [-0.2, -0.15) is 13.2 Å². The average molecular weight is 277 g/mol. The van der Waals surface area contributed by atoms with Gasteiger partial charge in [0.1, 0.15) is 4.87 Å². The highest BCUT2D eigenvalue weighted by atomic mass is 35.5. The maximum absolute atomic E-state index is 12.8.